The van der Waals surface area contributed by atoms with E-state index >= 15 is 0 Å². The summed E-state index contributed by atoms with van der Waals surface area (Å²) in [6.07, 6.45) is 1.91. The van der Waals surface area contributed by atoms with Crippen molar-refractivity contribution in [3.63, 3.8) is 0 Å². The van der Waals surface area contributed by atoms with Crippen molar-refractivity contribution < 1.29 is 17.6 Å². The van der Waals surface area contributed by atoms with Crippen LogP contribution in [0.1, 0.15) is 23.2 Å². The Bertz CT molecular complexity index is 912. The quantitative estimate of drug-likeness (QED) is 0.879. The fourth-order valence-electron chi connectivity index (χ4n) is 2.67. The van der Waals surface area contributed by atoms with Crippen molar-refractivity contribution in [3.05, 3.63) is 58.9 Å². The first-order valence-corrected chi connectivity index (χ1v) is 9.60. The van der Waals surface area contributed by atoms with Gasteiger partial charge in [-0.05, 0) is 49.2 Å². The Hall–Kier alpha value is -2.12. The number of hydrogen-bond acceptors (Lipinski definition) is 3. The minimum Gasteiger partial charge on any atom is -0.339 e. The van der Waals surface area contributed by atoms with Gasteiger partial charge in [-0.25, -0.2) is 12.8 Å². The normalized spacial score (nSPS) is 14.6. The lowest BCUT2D eigenvalue weighted by atomic mass is 10.2. The number of halogens is 2. The molecule has 8 heteroatoms. The van der Waals surface area contributed by atoms with E-state index in [1.807, 2.05) is 0 Å². The molecular weight excluding hydrogens is 367 g/mol. The van der Waals surface area contributed by atoms with Gasteiger partial charge in [0.05, 0.1) is 15.6 Å². The zero-order valence-corrected chi connectivity index (χ0v) is 14.8. The third kappa shape index (κ3) is 3.93. The van der Waals surface area contributed by atoms with Crippen molar-refractivity contribution in [2.24, 2.45) is 0 Å². The van der Waals surface area contributed by atoms with Gasteiger partial charge >= 0.3 is 0 Å². The highest BCUT2D eigenvalue weighted by molar-refractivity contribution is 7.92. The standard InChI is InChI=1S/C17H16ClFN2O3S/c18-15-11-13(6-7-16(15)19)20-25(23,24)14-5-3-4-12(10-14)17(22)21-8-1-2-9-21/h3-7,10-11,20H,1-2,8-9H2. The van der Waals surface area contributed by atoms with Crippen LogP contribution in [-0.2, 0) is 10.0 Å². The highest BCUT2D eigenvalue weighted by Gasteiger charge is 2.22. The van der Waals surface area contributed by atoms with E-state index in [0.717, 1.165) is 18.9 Å². The molecule has 0 spiro atoms. The first-order chi connectivity index (χ1) is 11.9. The van der Waals surface area contributed by atoms with Crippen LogP contribution < -0.4 is 4.72 Å². The van der Waals surface area contributed by atoms with Crippen LogP contribution in [0.2, 0.25) is 5.02 Å². The van der Waals surface area contributed by atoms with Crippen LogP contribution >= 0.6 is 11.6 Å². The predicted molar refractivity (Wildman–Crippen MR) is 93.8 cm³/mol. The number of rotatable bonds is 4. The molecule has 0 atom stereocenters. The van der Waals surface area contributed by atoms with Crippen LogP contribution in [0.3, 0.4) is 0 Å². The van der Waals surface area contributed by atoms with E-state index in [1.54, 1.807) is 11.0 Å². The van der Waals surface area contributed by atoms with E-state index in [-0.39, 0.29) is 21.5 Å². The summed E-state index contributed by atoms with van der Waals surface area (Å²) in [5.41, 5.74) is 0.463. The Morgan fingerprint density at radius 3 is 2.52 bits per heavy atom. The first kappa shape index (κ1) is 17.7. The number of sulfonamides is 1. The Morgan fingerprint density at radius 2 is 1.84 bits per heavy atom. The zero-order valence-electron chi connectivity index (χ0n) is 13.2. The fourth-order valence-corrected chi connectivity index (χ4v) is 3.95. The van der Waals surface area contributed by atoms with E-state index in [9.17, 15) is 17.6 Å². The molecule has 2 aromatic carbocycles. The van der Waals surface area contributed by atoms with Gasteiger partial charge in [-0.2, -0.15) is 0 Å². The molecule has 0 bridgehead atoms. The van der Waals surface area contributed by atoms with Crippen molar-refractivity contribution in [2.75, 3.05) is 17.8 Å². The molecule has 2 aromatic rings. The van der Waals surface area contributed by atoms with Gasteiger partial charge in [-0.15, -0.1) is 0 Å². The molecule has 25 heavy (non-hydrogen) atoms. The number of nitrogens with one attached hydrogen (secondary N) is 1. The third-order valence-electron chi connectivity index (χ3n) is 3.96. The number of likely N-dealkylation sites (tertiary alicyclic amines) is 1. The number of anilines is 1. The number of hydrogen-bond donors (Lipinski definition) is 1. The second kappa shape index (κ2) is 7.01. The molecule has 1 aliphatic heterocycles. The SMILES string of the molecule is O=C(c1cccc(S(=O)(=O)Nc2ccc(F)c(Cl)c2)c1)N1CCCC1. The van der Waals surface area contributed by atoms with Gasteiger partial charge in [0, 0.05) is 18.7 Å². The maximum Gasteiger partial charge on any atom is 0.261 e. The number of carbonyl (C=O) groups excluding carboxylic acids is 1. The molecule has 0 aromatic heterocycles. The molecule has 1 amide bonds. The van der Waals surface area contributed by atoms with Crippen molar-refractivity contribution in [2.45, 2.75) is 17.7 Å². The minimum atomic E-state index is -3.92. The second-order valence-electron chi connectivity index (χ2n) is 5.76. The molecule has 0 radical (unpaired) electrons. The Balaban J connectivity index is 1.85. The molecule has 0 aliphatic carbocycles. The lowest BCUT2D eigenvalue weighted by Gasteiger charge is -2.16. The van der Waals surface area contributed by atoms with E-state index in [4.69, 9.17) is 11.6 Å². The average molecular weight is 383 g/mol. The highest BCUT2D eigenvalue weighted by atomic mass is 35.5. The number of amides is 1. The summed E-state index contributed by atoms with van der Waals surface area (Å²) < 4.78 is 40.6. The maximum atomic E-state index is 13.2. The van der Waals surface area contributed by atoms with Crippen molar-refractivity contribution >= 4 is 33.2 Å². The van der Waals surface area contributed by atoms with Crippen LogP contribution in [-0.4, -0.2) is 32.3 Å². The molecule has 5 nitrogen and oxygen atoms in total. The topological polar surface area (TPSA) is 66.5 Å². The minimum absolute atomic E-state index is 0.0435. The van der Waals surface area contributed by atoms with Crippen molar-refractivity contribution in [3.8, 4) is 0 Å². The van der Waals surface area contributed by atoms with Crippen molar-refractivity contribution in [1.82, 2.24) is 4.90 Å². The lowest BCUT2D eigenvalue weighted by molar-refractivity contribution is 0.0792. The van der Waals surface area contributed by atoms with Gasteiger partial charge in [-0.1, -0.05) is 17.7 Å². The van der Waals surface area contributed by atoms with Gasteiger partial charge in [0.25, 0.3) is 15.9 Å². The molecule has 1 N–H and O–H groups in total. The Labute approximate surface area is 150 Å². The number of benzene rings is 2. The summed E-state index contributed by atoms with van der Waals surface area (Å²) in [5, 5.41) is -0.182. The lowest BCUT2D eigenvalue weighted by Crippen LogP contribution is -2.27. The zero-order chi connectivity index (χ0) is 18.0. The largest absolute Gasteiger partial charge is 0.339 e. The van der Waals surface area contributed by atoms with Gasteiger partial charge in [0.2, 0.25) is 0 Å². The molecule has 1 aliphatic rings. The Kier molecular flexibility index (Phi) is 4.96. The van der Waals surface area contributed by atoms with Gasteiger partial charge < -0.3 is 4.90 Å². The molecule has 1 fully saturated rings. The summed E-state index contributed by atoms with van der Waals surface area (Å²) in [5.74, 6) is -0.817. The number of nitrogens with zero attached hydrogens (tertiary/aromatic N) is 1. The van der Waals surface area contributed by atoms with E-state index in [1.165, 1.54) is 30.3 Å². The van der Waals surface area contributed by atoms with Gasteiger partial charge in [0.15, 0.2) is 0 Å². The molecule has 3 rings (SSSR count). The second-order valence-corrected chi connectivity index (χ2v) is 7.85. The van der Waals surface area contributed by atoms with Crippen molar-refractivity contribution in [1.29, 1.82) is 0 Å². The fraction of sp³-hybridized carbons (Fsp3) is 0.235. The van der Waals surface area contributed by atoms with Gasteiger partial charge in [-0.3, -0.25) is 9.52 Å². The first-order valence-electron chi connectivity index (χ1n) is 7.74. The summed E-state index contributed by atoms with van der Waals surface area (Å²) in [4.78, 5) is 14.1. The van der Waals surface area contributed by atoms with E-state index < -0.39 is 15.8 Å². The van der Waals surface area contributed by atoms with Crippen LogP contribution in [0.5, 0.6) is 0 Å². The summed E-state index contributed by atoms with van der Waals surface area (Å²) in [7, 11) is -3.92. The van der Waals surface area contributed by atoms with E-state index in [2.05, 4.69) is 4.72 Å². The average Bonchev–Trinajstić information content (AvgIpc) is 3.12. The summed E-state index contributed by atoms with van der Waals surface area (Å²) in [6.45, 7) is 1.37. The molecule has 132 valence electrons. The van der Waals surface area contributed by atoms with Crippen LogP contribution in [0.4, 0.5) is 10.1 Å². The van der Waals surface area contributed by atoms with Crippen LogP contribution in [0, 0.1) is 5.82 Å². The summed E-state index contributed by atoms with van der Waals surface area (Å²) >= 11 is 5.67. The molecule has 1 saturated heterocycles. The number of carbonyl (C=O) groups is 1. The smallest absolute Gasteiger partial charge is 0.261 e. The monoisotopic (exact) mass is 382 g/mol. The summed E-state index contributed by atoms with van der Waals surface area (Å²) in [6, 6.07) is 9.39. The maximum absolute atomic E-state index is 13.2. The molecule has 1 heterocycles. The predicted octanol–water partition coefficient (Wildman–Crippen LogP) is 3.52. The third-order valence-corrected chi connectivity index (χ3v) is 5.62. The van der Waals surface area contributed by atoms with Crippen LogP contribution in [0.25, 0.3) is 0 Å². The molecule has 0 saturated carbocycles. The molecule has 0 unspecified atom stereocenters. The van der Waals surface area contributed by atoms with Gasteiger partial charge in [0.1, 0.15) is 5.82 Å². The molecular formula is C17H16ClFN2O3S. The Morgan fingerprint density at radius 1 is 1.12 bits per heavy atom. The van der Waals surface area contributed by atoms with E-state index in [0.29, 0.717) is 18.7 Å². The highest BCUT2D eigenvalue weighted by Crippen LogP contribution is 2.23. The van der Waals surface area contributed by atoms with Crippen LogP contribution in [0.15, 0.2) is 47.4 Å².